The predicted molar refractivity (Wildman–Crippen MR) is 109 cm³/mol. The van der Waals surface area contributed by atoms with E-state index in [1.54, 1.807) is 12.3 Å². The molecule has 0 bridgehead atoms. The molecule has 0 aliphatic heterocycles. The minimum absolute atomic E-state index is 0.0127. The van der Waals surface area contributed by atoms with Gasteiger partial charge in [-0.25, -0.2) is 4.98 Å². The molecule has 2 N–H and O–H groups in total. The number of rotatable bonds is 8. The summed E-state index contributed by atoms with van der Waals surface area (Å²) in [5, 5.41) is 7.83. The number of aromatic nitrogens is 1. The number of anilines is 1. The van der Waals surface area contributed by atoms with Crippen molar-refractivity contribution in [2.75, 3.05) is 11.9 Å². The molecule has 2 rings (SSSR count). The van der Waals surface area contributed by atoms with Crippen LogP contribution in [0.25, 0.3) is 0 Å². The second-order valence-corrected chi connectivity index (χ2v) is 8.66. The predicted octanol–water partition coefficient (Wildman–Crippen LogP) is 3.15. The fraction of sp³-hybridized carbons (Fsp3) is 0.700. The van der Waals surface area contributed by atoms with Crippen molar-refractivity contribution in [2.24, 2.45) is 17.8 Å². The standard InChI is InChI=1S/C20H31N3O4S/c1-5-27-16(24)10-15-11-28-20(21-15)23-19(26)17(12(2)3)22-18(25)14-8-6-13(4)7-9-14/h11-14,17H,5-10H2,1-4H3,(H,22,25)(H,21,23,26)/t13?,14?,17-/m0/s1. The van der Waals surface area contributed by atoms with Crippen molar-refractivity contribution in [3.8, 4) is 0 Å². The van der Waals surface area contributed by atoms with Gasteiger partial charge in [0.25, 0.3) is 0 Å². The Morgan fingerprint density at radius 1 is 1.25 bits per heavy atom. The van der Waals surface area contributed by atoms with Gasteiger partial charge < -0.3 is 15.4 Å². The van der Waals surface area contributed by atoms with Gasteiger partial charge in [0, 0.05) is 11.3 Å². The maximum absolute atomic E-state index is 12.7. The first kappa shape index (κ1) is 22.3. The molecule has 1 aliphatic carbocycles. The van der Waals surface area contributed by atoms with E-state index in [-0.39, 0.29) is 36.0 Å². The fourth-order valence-corrected chi connectivity index (χ4v) is 4.03. The summed E-state index contributed by atoms with van der Waals surface area (Å²) in [6.45, 7) is 8.09. The van der Waals surface area contributed by atoms with Gasteiger partial charge in [-0.05, 0) is 44.4 Å². The van der Waals surface area contributed by atoms with E-state index in [0.29, 0.717) is 23.4 Å². The molecule has 0 saturated heterocycles. The molecule has 1 heterocycles. The van der Waals surface area contributed by atoms with Crippen molar-refractivity contribution < 1.29 is 19.1 Å². The summed E-state index contributed by atoms with van der Waals surface area (Å²) in [4.78, 5) is 41.1. The van der Waals surface area contributed by atoms with Crippen molar-refractivity contribution >= 4 is 34.3 Å². The normalized spacial score (nSPS) is 20.5. The summed E-state index contributed by atoms with van der Waals surface area (Å²) in [6, 6.07) is -0.621. The molecule has 0 spiro atoms. The second-order valence-electron chi connectivity index (χ2n) is 7.80. The van der Waals surface area contributed by atoms with E-state index in [2.05, 4.69) is 22.5 Å². The molecule has 28 heavy (non-hydrogen) atoms. The van der Waals surface area contributed by atoms with Crippen molar-refractivity contribution in [2.45, 2.75) is 65.8 Å². The Balaban J connectivity index is 1.93. The summed E-state index contributed by atoms with van der Waals surface area (Å²) in [6.07, 6.45) is 3.94. The largest absolute Gasteiger partial charge is 0.466 e. The summed E-state index contributed by atoms with van der Waals surface area (Å²) in [5.41, 5.74) is 0.556. The molecular formula is C20H31N3O4S. The molecule has 1 atom stereocenters. The first-order valence-corrected chi connectivity index (χ1v) is 10.9. The second kappa shape index (κ2) is 10.5. The zero-order valence-corrected chi connectivity index (χ0v) is 17.9. The lowest BCUT2D eigenvalue weighted by atomic mass is 9.82. The van der Waals surface area contributed by atoms with Crippen LogP contribution in [-0.4, -0.2) is 35.4 Å². The molecule has 1 aliphatic rings. The Bertz CT molecular complexity index is 681. The number of ether oxygens (including phenoxy) is 1. The number of hydrogen-bond donors (Lipinski definition) is 2. The zero-order valence-electron chi connectivity index (χ0n) is 17.1. The SMILES string of the molecule is CCOC(=O)Cc1csc(NC(=O)[C@@H](NC(=O)C2CCC(C)CC2)C(C)C)n1. The van der Waals surface area contributed by atoms with Crippen LogP contribution in [0.15, 0.2) is 5.38 Å². The van der Waals surface area contributed by atoms with Crippen LogP contribution >= 0.6 is 11.3 Å². The Morgan fingerprint density at radius 3 is 2.54 bits per heavy atom. The third-order valence-corrected chi connectivity index (χ3v) is 5.85. The van der Waals surface area contributed by atoms with Crippen LogP contribution in [0.4, 0.5) is 5.13 Å². The van der Waals surface area contributed by atoms with E-state index in [1.165, 1.54) is 11.3 Å². The highest BCUT2D eigenvalue weighted by Gasteiger charge is 2.30. The summed E-state index contributed by atoms with van der Waals surface area (Å²) < 4.78 is 4.90. The van der Waals surface area contributed by atoms with Crippen LogP contribution in [-0.2, 0) is 25.5 Å². The number of hydrogen-bond acceptors (Lipinski definition) is 6. The van der Waals surface area contributed by atoms with Gasteiger partial charge in [0.1, 0.15) is 6.04 Å². The van der Waals surface area contributed by atoms with Crippen LogP contribution < -0.4 is 10.6 Å². The van der Waals surface area contributed by atoms with Gasteiger partial charge in [-0.3, -0.25) is 14.4 Å². The number of carbonyl (C=O) groups is 3. The molecule has 1 saturated carbocycles. The van der Waals surface area contributed by atoms with E-state index in [0.717, 1.165) is 25.7 Å². The fourth-order valence-electron chi connectivity index (χ4n) is 3.32. The zero-order chi connectivity index (χ0) is 20.7. The number of amides is 2. The number of esters is 1. The number of nitrogens with one attached hydrogen (secondary N) is 2. The maximum Gasteiger partial charge on any atom is 0.311 e. The molecule has 1 aromatic heterocycles. The minimum Gasteiger partial charge on any atom is -0.466 e. The summed E-state index contributed by atoms with van der Waals surface area (Å²) >= 11 is 1.25. The topological polar surface area (TPSA) is 97.4 Å². The first-order valence-electron chi connectivity index (χ1n) is 10.0. The molecule has 0 radical (unpaired) electrons. The Morgan fingerprint density at radius 2 is 1.93 bits per heavy atom. The van der Waals surface area contributed by atoms with Crippen molar-refractivity contribution in [3.05, 3.63) is 11.1 Å². The molecule has 1 fully saturated rings. The van der Waals surface area contributed by atoms with Crippen LogP contribution in [0.3, 0.4) is 0 Å². The molecule has 0 unspecified atom stereocenters. The van der Waals surface area contributed by atoms with Crippen LogP contribution in [0.5, 0.6) is 0 Å². The molecule has 7 nitrogen and oxygen atoms in total. The van der Waals surface area contributed by atoms with E-state index in [4.69, 9.17) is 4.74 Å². The summed E-state index contributed by atoms with van der Waals surface area (Å²) in [5.74, 6) is -0.0686. The van der Waals surface area contributed by atoms with Crippen LogP contribution in [0.1, 0.15) is 59.1 Å². The molecule has 8 heteroatoms. The highest BCUT2D eigenvalue weighted by Crippen LogP contribution is 2.28. The molecule has 156 valence electrons. The number of nitrogens with zero attached hydrogens (tertiary/aromatic N) is 1. The molecular weight excluding hydrogens is 378 g/mol. The Kier molecular flexibility index (Phi) is 8.41. The lowest BCUT2D eigenvalue weighted by Crippen LogP contribution is -2.49. The van der Waals surface area contributed by atoms with E-state index in [1.807, 2.05) is 13.8 Å². The highest BCUT2D eigenvalue weighted by atomic mass is 32.1. The van der Waals surface area contributed by atoms with Gasteiger partial charge in [0.05, 0.1) is 18.7 Å². The summed E-state index contributed by atoms with van der Waals surface area (Å²) in [7, 11) is 0. The van der Waals surface area contributed by atoms with Gasteiger partial charge in [-0.2, -0.15) is 0 Å². The monoisotopic (exact) mass is 409 g/mol. The quantitative estimate of drug-likeness (QED) is 0.643. The van der Waals surface area contributed by atoms with E-state index < -0.39 is 6.04 Å². The van der Waals surface area contributed by atoms with Crippen molar-refractivity contribution in [1.82, 2.24) is 10.3 Å². The number of carbonyl (C=O) groups excluding carboxylic acids is 3. The smallest absolute Gasteiger partial charge is 0.311 e. The average Bonchev–Trinajstić information content (AvgIpc) is 3.06. The van der Waals surface area contributed by atoms with Crippen LogP contribution in [0, 0.1) is 17.8 Å². The number of thiazole rings is 1. The molecule has 0 aromatic carbocycles. The first-order chi connectivity index (χ1) is 13.3. The van der Waals surface area contributed by atoms with Crippen molar-refractivity contribution in [1.29, 1.82) is 0 Å². The Hall–Kier alpha value is -1.96. The molecule has 2 amide bonds. The van der Waals surface area contributed by atoms with E-state index >= 15 is 0 Å². The lowest BCUT2D eigenvalue weighted by Gasteiger charge is -2.28. The molecule has 1 aromatic rings. The third-order valence-electron chi connectivity index (χ3n) is 5.05. The highest BCUT2D eigenvalue weighted by molar-refractivity contribution is 7.13. The van der Waals surface area contributed by atoms with E-state index in [9.17, 15) is 14.4 Å². The lowest BCUT2D eigenvalue weighted by molar-refractivity contribution is -0.142. The third kappa shape index (κ3) is 6.58. The van der Waals surface area contributed by atoms with Gasteiger partial charge in [-0.1, -0.05) is 20.8 Å². The average molecular weight is 410 g/mol. The maximum atomic E-state index is 12.7. The van der Waals surface area contributed by atoms with Gasteiger partial charge in [0.15, 0.2) is 5.13 Å². The minimum atomic E-state index is -0.621. The van der Waals surface area contributed by atoms with Gasteiger partial charge in [0.2, 0.25) is 11.8 Å². The van der Waals surface area contributed by atoms with Gasteiger partial charge in [-0.15, -0.1) is 11.3 Å². The van der Waals surface area contributed by atoms with Gasteiger partial charge >= 0.3 is 5.97 Å². The van der Waals surface area contributed by atoms with Crippen molar-refractivity contribution in [3.63, 3.8) is 0 Å². The van der Waals surface area contributed by atoms with Crippen LogP contribution in [0.2, 0.25) is 0 Å². The Labute approximate surface area is 170 Å².